The zero-order valence-electron chi connectivity index (χ0n) is 27.3. The SMILES string of the molecule is C=CCN1C(=O)[C@@]2(O[C@@H](CC(=O)N(CCO)Cc3ccccc3)[C@H]([Si](C)(C)O)[C@H]2C)c2cc(N3C(=O)CCc4ccccc43)ccc21. The van der Waals surface area contributed by atoms with E-state index in [1.807, 2.05) is 92.8 Å². The van der Waals surface area contributed by atoms with E-state index in [-0.39, 0.29) is 43.8 Å². The van der Waals surface area contributed by atoms with Gasteiger partial charge in [0.2, 0.25) is 11.8 Å². The van der Waals surface area contributed by atoms with E-state index in [1.54, 1.807) is 20.8 Å². The summed E-state index contributed by atoms with van der Waals surface area (Å²) in [6, 6.07) is 23.0. The number of rotatable bonds is 10. The van der Waals surface area contributed by atoms with Gasteiger partial charge in [0.05, 0.1) is 30.5 Å². The van der Waals surface area contributed by atoms with Gasteiger partial charge in [-0.1, -0.05) is 61.5 Å². The first-order valence-electron chi connectivity index (χ1n) is 16.3. The number of ether oxygens (including phenoxy) is 1. The fraction of sp³-hybridized carbons (Fsp3) is 0.378. The van der Waals surface area contributed by atoms with Crippen LogP contribution in [0.15, 0.2) is 85.5 Å². The molecule has 3 aromatic carbocycles. The topological polar surface area (TPSA) is 111 Å². The lowest BCUT2D eigenvalue weighted by molar-refractivity contribution is -0.149. The molecule has 2 N–H and O–H groups in total. The van der Waals surface area contributed by atoms with Gasteiger partial charge >= 0.3 is 0 Å². The summed E-state index contributed by atoms with van der Waals surface area (Å²) in [5.41, 5.74) is 2.82. The molecule has 0 bridgehead atoms. The van der Waals surface area contributed by atoms with Crippen molar-refractivity contribution in [3.05, 3.63) is 102 Å². The summed E-state index contributed by atoms with van der Waals surface area (Å²) in [5, 5.41) is 9.81. The number of aliphatic hydroxyl groups is 1. The fourth-order valence-corrected chi connectivity index (χ4v) is 10.5. The second-order valence-electron chi connectivity index (χ2n) is 13.4. The first kappa shape index (κ1) is 32.8. The zero-order valence-corrected chi connectivity index (χ0v) is 28.3. The van der Waals surface area contributed by atoms with Crippen LogP contribution in [0, 0.1) is 5.92 Å². The number of benzene rings is 3. The number of anilines is 3. The predicted octanol–water partition coefficient (Wildman–Crippen LogP) is 5.04. The maximum atomic E-state index is 14.6. The molecule has 10 heteroatoms. The van der Waals surface area contributed by atoms with Gasteiger partial charge in [-0.3, -0.25) is 19.3 Å². The number of aryl methyl sites for hydroxylation is 1. The second kappa shape index (κ2) is 12.8. The van der Waals surface area contributed by atoms with E-state index in [4.69, 9.17) is 4.74 Å². The Balaban J connectivity index is 1.41. The third-order valence-electron chi connectivity index (χ3n) is 9.94. The number of nitrogens with zero attached hydrogens (tertiary/aromatic N) is 3. The Morgan fingerprint density at radius 3 is 2.49 bits per heavy atom. The molecule has 3 aliphatic heterocycles. The maximum absolute atomic E-state index is 14.6. The summed E-state index contributed by atoms with van der Waals surface area (Å²) in [7, 11) is -3.03. The van der Waals surface area contributed by atoms with E-state index < -0.39 is 31.5 Å². The van der Waals surface area contributed by atoms with Crippen molar-refractivity contribution in [3.63, 3.8) is 0 Å². The van der Waals surface area contributed by atoms with Crippen molar-refractivity contribution in [1.82, 2.24) is 4.90 Å². The summed E-state index contributed by atoms with van der Waals surface area (Å²) in [6.07, 6.45) is 1.90. The molecule has 0 saturated carbocycles. The van der Waals surface area contributed by atoms with Gasteiger partial charge in [-0.15, -0.1) is 6.58 Å². The molecule has 0 unspecified atom stereocenters. The third-order valence-corrected chi connectivity index (χ3v) is 12.4. The molecular weight excluding hydrogens is 611 g/mol. The van der Waals surface area contributed by atoms with E-state index in [2.05, 4.69) is 6.58 Å². The molecule has 47 heavy (non-hydrogen) atoms. The maximum Gasteiger partial charge on any atom is 0.264 e. The van der Waals surface area contributed by atoms with Gasteiger partial charge in [0.15, 0.2) is 13.9 Å². The number of hydrogen-bond acceptors (Lipinski definition) is 6. The van der Waals surface area contributed by atoms with Crippen LogP contribution in [-0.4, -0.2) is 66.6 Å². The fourth-order valence-electron chi connectivity index (χ4n) is 7.94. The van der Waals surface area contributed by atoms with Gasteiger partial charge in [0.1, 0.15) is 0 Å². The van der Waals surface area contributed by atoms with Crippen molar-refractivity contribution < 1.29 is 29.0 Å². The van der Waals surface area contributed by atoms with Crippen LogP contribution < -0.4 is 9.80 Å². The van der Waals surface area contributed by atoms with Gasteiger partial charge in [0.25, 0.3) is 5.91 Å². The van der Waals surface area contributed by atoms with Crippen molar-refractivity contribution in [1.29, 1.82) is 0 Å². The molecule has 0 aromatic heterocycles. The first-order valence-corrected chi connectivity index (χ1v) is 19.3. The molecule has 6 rings (SSSR count). The summed E-state index contributed by atoms with van der Waals surface area (Å²) in [6.45, 7) is 9.99. The lowest BCUT2D eigenvalue weighted by Gasteiger charge is -2.33. The van der Waals surface area contributed by atoms with Crippen molar-refractivity contribution >= 4 is 43.1 Å². The number of fused-ring (bicyclic) bond motifs is 3. The quantitative estimate of drug-likeness (QED) is 0.235. The second-order valence-corrected chi connectivity index (χ2v) is 17.3. The zero-order chi connectivity index (χ0) is 33.5. The van der Waals surface area contributed by atoms with Crippen LogP contribution in [0.4, 0.5) is 17.1 Å². The minimum atomic E-state index is -3.03. The molecular formula is C37H43N3O6Si. The Labute approximate surface area is 277 Å². The van der Waals surface area contributed by atoms with Gasteiger partial charge in [0, 0.05) is 48.8 Å². The molecule has 1 spiro atoms. The molecule has 0 aliphatic carbocycles. The molecule has 0 radical (unpaired) electrons. The molecule has 246 valence electrons. The van der Waals surface area contributed by atoms with Gasteiger partial charge in [-0.2, -0.15) is 0 Å². The number of amides is 3. The monoisotopic (exact) mass is 653 g/mol. The van der Waals surface area contributed by atoms with E-state index in [0.29, 0.717) is 36.3 Å². The van der Waals surface area contributed by atoms with Crippen LogP contribution in [0.5, 0.6) is 0 Å². The molecule has 3 amide bonds. The number of carbonyl (C=O) groups is 3. The minimum absolute atomic E-state index is 0.0296. The molecule has 4 atom stereocenters. The Bertz CT molecular complexity index is 1690. The van der Waals surface area contributed by atoms with Gasteiger partial charge in [-0.25, -0.2) is 0 Å². The van der Waals surface area contributed by atoms with E-state index in [0.717, 1.165) is 16.8 Å². The normalized spacial score (nSPS) is 23.6. The Morgan fingerprint density at radius 1 is 1.06 bits per heavy atom. The number of carbonyl (C=O) groups excluding carboxylic acids is 3. The average molecular weight is 654 g/mol. The van der Waals surface area contributed by atoms with E-state index in [9.17, 15) is 24.3 Å². The number of para-hydroxylation sites is 1. The van der Waals surface area contributed by atoms with Gasteiger partial charge < -0.3 is 24.4 Å². The highest BCUT2D eigenvalue weighted by Gasteiger charge is 2.66. The summed E-state index contributed by atoms with van der Waals surface area (Å²) in [4.78, 5) is 58.5. The molecule has 3 heterocycles. The molecule has 3 aromatic rings. The van der Waals surface area contributed by atoms with Crippen LogP contribution in [0.1, 0.15) is 36.5 Å². The predicted molar refractivity (Wildman–Crippen MR) is 184 cm³/mol. The number of hydrogen-bond donors (Lipinski definition) is 2. The van der Waals surface area contributed by atoms with Crippen LogP contribution in [-0.2, 0) is 37.7 Å². The largest absolute Gasteiger partial charge is 0.432 e. The standard InChI is InChI=1S/C37H43N3O6Si/c1-5-19-39-31-17-16-28(40-30-14-10-9-13-27(30)15-18-33(40)42)22-29(31)37(36(39)44)25(2)35(47(3,4)45)32(46-37)23-34(43)38(20-21-41)24-26-11-7-6-8-12-26/h5-14,16-17,22,25,32,35,41,45H,1,15,18-21,23-24H2,2-4H3/t25-,32+,35-,37+/m1/s1. The van der Waals surface area contributed by atoms with Crippen LogP contribution in [0.2, 0.25) is 18.6 Å². The van der Waals surface area contributed by atoms with Crippen molar-refractivity contribution in [3.8, 4) is 0 Å². The third kappa shape index (κ3) is 5.73. The Morgan fingerprint density at radius 2 is 1.79 bits per heavy atom. The molecule has 3 aliphatic rings. The highest BCUT2D eigenvalue weighted by atomic mass is 28.4. The first-order chi connectivity index (χ1) is 22.5. The van der Waals surface area contributed by atoms with Crippen LogP contribution in [0.3, 0.4) is 0 Å². The van der Waals surface area contributed by atoms with Crippen molar-refractivity contribution in [2.45, 2.75) is 63.1 Å². The lowest BCUT2D eigenvalue weighted by Crippen LogP contribution is -2.46. The van der Waals surface area contributed by atoms with Crippen LogP contribution >= 0.6 is 0 Å². The Hall–Kier alpha value is -4.09. The number of aliphatic hydroxyl groups excluding tert-OH is 1. The average Bonchev–Trinajstić information content (AvgIpc) is 3.47. The highest BCUT2D eigenvalue weighted by molar-refractivity contribution is 6.71. The van der Waals surface area contributed by atoms with Crippen molar-refractivity contribution in [2.75, 3.05) is 29.5 Å². The molecule has 1 fully saturated rings. The Kier molecular flexibility index (Phi) is 8.97. The van der Waals surface area contributed by atoms with E-state index in [1.165, 1.54) is 0 Å². The van der Waals surface area contributed by atoms with Crippen molar-refractivity contribution in [2.24, 2.45) is 5.92 Å². The van der Waals surface area contributed by atoms with E-state index >= 15 is 0 Å². The van der Waals surface area contributed by atoms with Gasteiger partial charge in [-0.05, 0) is 54.9 Å². The smallest absolute Gasteiger partial charge is 0.264 e. The summed E-state index contributed by atoms with van der Waals surface area (Å²) < 4.78 is 6.90. The summed E-state index contributed by atoms with van der Waals surface area (Å²) >= 11 is 0. The highest BCUT2D eigenvalue weighted by Crippen LogP contribution is 2.60. The summed E-state index contributed by atoms with van der Waals surface area (Å²) in [5.74, 6) is -0.999. The molecule has 1 saturated heterocycles. The minimum Gasteiger partial charge on any atom is -0.432 e. The lowest BCUT2D eigenvalue weighted by atomic mass is 9.82. The molecule has 9 nitrogen and oxygen atoms in total. The van der Waals surface area contributed by atoms with Crippen LogP contribution in [0.25, 0.3) is 0 Å².